The largest absolute Gasteiger partial charge is 0.444 e. The summed E-state index contributed by atoms with van der Waals surface area (Å²) < 4.78 is 5.30. The number of likely N-dealkylation sites (tertiary alicyclic amines) is 1. The van der Waals surface area contributed by atoms with E-state index in [1.165, 1.54) is 0 Å². The Morgan fingerprint density at radius 2 is 1.74 bits per heavy atom. The van der Waals surface area contributed by atoms with Crippen molar-refractivity contribution in [3.63, 3.8) is 0 Å². The number of piperidine rings is 1. The molecule has 2 aromatic carbocycles. The molecule has 2 N–H and O–H groups in total. The number of alkyl carbamates (subject to hydrolysis) is 1. The van der Waals surface area contributed by atoms with Gasteiger partial charge in [-0.15, -0.1) is 0 Å². The van der Waals surface area contributed by atoms with Crippen LogP contribution in [0.4, 0.5) is 10.5 Å². The number of amides is 2. The fourth-order valence-corrected chi connectivity index (χ4v) is 3.68. The number of nitrogens with one attached hydrogen (secondary N) is 2. The van der Waals surface area contributed by atoms with E-state index in [2.05, 4.69) is 21.6 Å². The molecule has 6 heteroatoms. The van der Waals surface area contributed by atoms with E-state index in [-0.39, 0.29) is 12.0 Å². The maximum Gasteiger partial charge on any atom is 0.407 e. The van der Waals surface area contributed by atoms with Crippen molar-refractivity contribution in [1.82, 2.24) is 10.2 Å². The first-order valence-corrected chi connectivity index (χ1v) is 10.9. The average Bonchev–Trinajstić information content (AvgIpc) is 2.73. The molecule has 6 nitrogen and oxygen atoms in total. The molecule has 2 aromatic rings. The number of para-hydroxylation sites is 1. The third kappa shape index (κ3) is 7.72. The molecule has 0 spiro atoms. The van der Waals surface area contributed by atoms with Crippen molar-refractivity contribution in [1.29, 1.82) is 0 Å². The van der Waals surface area contributed by atoms with Gasteiger partial charge in [-0.25, -0.2) is 4.79 Å². The first-order chi connectivity index (χ1) is 14.8. The van der Waals surface area contributed by atoms with Crippen molar-refractivity contribution < 1.29 is 14.3 Å². The molecule has 1 heterocycles. The summed E-state index contributed by atoms with van der Waals surface area (Å²) in [6.45, 7) is 9.01. The van der Waals surface area contributed by atoms with Crippen molar-refractivity contribution in [2.24, 2.45) is 5.92 Å². The number of hydrogen-bond donors (Lipinski definition) is 2. The van der Waals surface area contributed by atoms with E-state index in [0.717, 1.165) is 43.7 Å². The Balaban J connectivity index is 1.45. The molecule has 31 heavy (non-hydrogen) atoms. The maximum absolute atomic E-state index is 12.5. The molecule has 3 rings (SSSR count). The molecule has 1 saturated heterocycles. The molecule has 0 aromatic heterocycles. The van der Waals surface area contributed by atoms with Crippen LogP contribution in [0.1, 0.15) is 49.5 Å². The Morgan fingerprint density at radius 3 is 2.42 bits per heavy atom. The Bertz CT molecular complexity index is 869. The zero-order chi connectivity index (χ0) is 22.3. The van der Waals surface area contributed by atoms with Crippen LogP contribution in [0.3, 0.4) is 0 Å². The second-order valence-corrected chi connectivity index (χ2v) is 9.12. The first kappa shape index (κ1) is 22.8. The fraction of sp³-hybridized carbons (Fsp3) is 0.440. The molecule has 1 fully saturated rings. The lowest BCUT2D eigenvalue weighted by atomic mass is 9.96. The van der Waals surface area contributed by atoms with Crippen LogP contribution in [0.5, 0.6) is 0 Å². The average molecular weight is 424 g/mol. The van der Waals surface area contributed by atoms with Gasteiger partial charge >= 0.3 is 6.09 Å². The topological polar surface area (TPSA) is 70.7 Å². The van der Waals surface area contributed by atoms with Gasteiger partial charge in [0.25, 0.3) is 5.91 Å². The van der Waals surface area contributed by atoms with Crippen LogP contribution in [0.15, 0.2) is 54.6 Å². The minimum absolute atomic E-state index is 0.0972. The summed E-state index contributed by atoms with van der Waals surface area (Å²) in [5, 5.41) is 5.82. The Labute approximate surface area is 185 Å². The van der Waals surface area contributed by atoms with Gasteiger partial charge in [0.2, 0.25) is 0 Å². The van der Waals surface area contributed by atoms with Gasteiger partial charge in [0, 0.05) is 24.3 Å². The lowest BCUT2D eigenvalue weighted by Crippen LogP contribution is -2.40. The van der Waals surface area contributed by atoms with E-state index >= 15 is 0 Å². The summed E-state index contributed by atoms with van der Waals surface area (Å²) in [7, 11) is 0. The highest BCUT2D eigenvalue weighted by Gasteiger charge is 2.22. The van der Waals surface area contributed by atoms with Gasteiger partial charge in [-0.05, 0) is 82.4 Å². The molecular weight excluding hydrogens is 390 g/mol. The second kappa shape index (κ2) is 10.4. The van der Waals surface area contributed by atoms with Crippen molar-refractivity contribution in [3.05, 3.63) is 65.7 Å². The van der Waals surface area contributed by atoms with Gasteiger partial charge in [-0.1, -0.05) is 30.3 Å². The van der Waals surface area contributed by atoms with E-state index in [1.807, 2.05) is 69.3 Å². The molecule has 0 aliphatic carbocycles. The number of rotatable bonds is 6. The molecule has 1 aliphatic rings. The quantitative estimate of drug-likeness (QED) is 0.708. The molecule has 0 unspecified atom stereocenters. The molecule has 166 valence electrons. The summed E-state index contributed by atoms with van der Waals surface area (Å²) in [6.07, 6.45) is 1.72. The fourth-order valence-electron chi connectivity index (χ4n) is 3.68. The zero-order valence-electron chi connectivity index (χ0n) is 18.7. The third-order valence-corrected chi connectivity index (χ3v) is 5.27. The van der Waals surface area contributed by atoms with Gasteiger partial charge in [0.05, 0.1) is 0 Å². The van der Waals surface area contributed by atoms with Crippen LogP contribution in [-0.2, 0) is 11.3 Å². The summed E-state index contributed by atoms with van der Waals surface area (Å²) in [4.78, 5) is 26.8. The van der Waals surface area contributed by atoms with Crippen LogP contribution in [-0.4, -0.2) is 42.1 Å². The van der Waals surface area contributed by atoms with Gasteiger partial charge in [-0.2, -0.15) is 0 Å². The predicted molar refractivity (Wildman–Crippen MR) is 123 cm³/mol. The SMILES string of the molecule is CC(C)(C)OC(=O)NCC1CCN(Cc2cccc(C(=O)Nc3ccccc3)c2)CC1. The number of carbonyl (C=O) groups is 2. The second-order valence-electron chi connectivity index (χ2n) is 9.12. The highest BCUT2D eigenvalue weighted by atomic mass is 16.6. The number of carbonyl (C=O) groups excluding carboxylic acids is 2. The van der Waals surface area contributed by atoms with Crippen LogP contribution in [0, 0.1) is 5.92 Å². The minimum Gasteiger partial charge on any atom is -0.444 e. The van der Waals surface area contributed by atoms with E-state index < -0.39 is 5.60 Å². The van der Waals surface area contributed by atoms with Crippen molar-refractivity contribution in [2.75, 3.05) is 25.0 Å². The number of ether oxygens (including phenoxy) is 1. The number of anilines is 1. The van der Waals surface area contributed by atoms with Gasteiger partial charge < -0.3 is 15.4 Å². The zero-order valence-corrected chi connectivity index (χ0v) is 18.7. The van der Waals surface area contributed by atoms with Gasteiger partial charge in [0.15, 0.2) is 0 Å². The monoisotopic (exact) mass is 423 g/mol. The smallest absolute Gasteiger partial charge is 0.407 e. The van der Waals surface area contributed by atoms with Crippen LogP contribution in [0.25, 0.3) is 0 Å². The first-order valence-electron chi connectivity index (χ1n) is 10.9. The van der Waals surface area contributed by atoms with E-state index in [4.69, 9.17) is 4.74 Å². The third-order valence-electron chi connectivity index (χ3n) is 5.27. The summed E-state index contributed by atoms with van der Waals surface area (Å²) in [5.74, 6) is 0.367. The van der Waals surface area contributed by atoms with Crippen LogP contribution in [0.2, 0.25) is 0 Å². The summed E-state index contributed by atoms with van der Waals surface area (Å²) in [5.41, 5.74) is 2.11. The van der Waals surface area contributed by atoms with Gasteiger partial charge in [0.1, 0.15) is 5.60 Å². The van der Waals surface area contributed by atoms with Crippen molar-refractivity contribution in [2.45, 2.75) is 45.8 Å². The number of hydrogen-bond acceptors (Lipinski definition) is 4. The highest BCUT2D eigenvalue weighted by molar-refractivity contribution is 6.04. The standard InChI is InChI=1S/C25H33N3O3/c1-25(2,3)31-24(30)26-17-19-12-14-28(15-13-19)18-20-8-7-9-21(16-20)23(29)27-22-10-5-4-6-11-22/h4-11,16,19H,12-15,17-18H2,1-3H3,(H,26,30)(H,27,29). The number of nitrogens with zero attached hydrogens (tertiary/aromatic N) is 1. The lowest BCUT2D eigenvalue weighted by Gasteiger charge is -2.32. The molecule has 0 atom stereocenters. The summed E-state index contributed by atoms with van der Waals surface area (Å²) in [6, 6.07) is 17.3. The maximum atomic E-state index is 12.5. The number of benzene rings is 2. The van der Waals surface area contributed by atoms with Crippen LogP contribution < -0.4 is 10.6 Å². The molecule has 1 aliphatic heterocycles. The van der Waals surface area contributed by atoms with Crippen LogP contribution >= 0.6 is 0 Å². The Morgan fingerprint density at radius 1 is 1.03 bits per heavy atom. The summed E-state index contributed by atoms with van der Waals surface area (Å²) >= 11 is 0. The molecular formula is C25H33N3O3. The minimum atomic E-state index is -0.472. The molecule has 0 radical (unpaired) electrons. The normalized spacial score (nSPS) is 15.3. The Hall–Kier alpha value is -2.86. The van der Waals surface area contributed by atoms with Crippen molar-refractivity contribution >= 4 is 17.7 Å². The van der Waals surface area contributed by atoms with E-state index in [9.17, 15) is 9.59 Å². The molecule has 0 saturated carbocycles. The predicted octanol–water partition coefficient (Wildman–Crippen LogP) is 4.68. The molecule has 2 amide bonds. The van der Waals surface area contributed by atoms with Gasteiger partial charge in [-0.3, -0.25) is 9.69 Å². The van der Waals surface area contributed by atoms with E-state index in [1.54, 1.807) is 0 Å². The Kier molecular flexibility index (Phi) is 7.69. The van der Waals surface area contributed by atoms with E-state index in [0.29, 0.717) is 18.0 Å². The lowest BCUT2D eigenvalue weighted by molar-refractivity contribution is 0.0509. The highest BCUT2D eigenvalue weighted by Crippen LogP contribution is 2.19. The van der Waals surface area contributed by atoms with Crippen molar-refractivity contribution in [3.8, 4) is 0 Å². The molecule has 0 bridgehead atoms.